The van der Waals surface area contributed by atoms with Gasteiger partial charge in [-0.3, -0.25) is 10.1 Å². The van der Waals surface area contributed by atoms with Crippen LogP contribution in [0.2, 0.25) is 0 Å². The van der Waals surface area contributed by atoms with Crippen LogP contribution in [0.15, 0.2) is 36.4 Å². The zero-order valence-electron chi connectivity index (χ0n) is 10.8. The van der Waals surface area contributed by atoms with Gasteiger partial charge in [0, 0.05) is 18.7 Å². The molecule has 0 radical (unpaired) electrons. The van der Waals surface area contributed by atoms with Crippen LogP contribution in [0.4, 0.5) is 10.1 Å². The summed E-state index contributed by atoms with van der Waals surface area (Å²) in [6, 6.07) is 8.85. The van der Waals surface area contributed by atoms with Crippen molar-refractivity contribution in [1.29, 1.82) is 0 Å². The maximum atomic E-state index is 13.5. The van der Waals surface area contributed by atoms with E-state index in [2.05, 4.69) is 0 Å². The summed E-state index contributed by atoms with van der Waals surface area (Å²) in [5.41, 5.74) is 6.77. The van der Waals surface area contributed by atoms with Crippen molar-refractivity contribution in [2.75, 3.05) is 0 Å². The molecule has 0 aliphatic rings. The van der Waals surface area contributed by atoms with Crippen molar-refractivity contribution < 1.29 is 14.1 Å². The normalized spacial score (nSPS) is 10.3. The molecule has 0 unspecified atom stereocenters. The van der Waals surface area contributed by atoms with E-state index >= 15 is 0 Å². The number of hydrogen-bond acceptors (Lipinski definition) is 4. The number of nitro groups is 1. The molecule has 0 atom stereocenters. The van der Waals surface area contributed by atoms with E-state index in [1.165, 1.54) is 6.07 Å². The van der Waals surface area contributed by atoms with Gasteiger partial charge >= 0.3 is 5.69 Å². The Morgan fingerprint density at radius 1 is 1.30 bits per heavy atom. The van der Waals surface area contributed by atoms with Crippen molar-refractivity contribution in [3.8, 4) is 11.5 Å². The summed E-state index contributed by atoms with van der Waals surface area (Å²) < 4.78 is 19.0. The number of nitro benzene ring substituents is 1. The Bertz CT molecular complexity index is 659. The number of halogens is 1. The number of hydrogen-bond donors (Lipinski definition) is 1. The quantitative estimate of drug-likeness (QED) is 0.686. The van der Waals surface area contributed by atoms with E-state index in [0.29, 0.717) is 12.3 Å². The molecule has 2 rings (SSSR count). The van der Waals surface area contributed by atoms with Crippen LogP contribution in [0.25, 0.3) is 0 Å². The van der Waals surface area contributed by atoms with Gasteiger partial charge in [0.05, 0.1) is 4.92 Å². The van der Waals surface area contributed by atoms with Crippen LogP contribution in [0, 0.1) is 22.9 Å². The summed E-state index contributed by atoms with van der Waals surface area (Å²) in [7, 11) is 0. The van der Waals surface area contributed by atoms with Gasteiger partial charge in [0.25, 0.3) is 0 Å². The monoisotopic (exact) mass is 276 g/mol. The minimum absolute atomic E-state index is 0.205. The van der Waals surface area contributed by atoms with Gasteiger partial charge in [-0.05, 0) is 30.2 Å². The zero-order valence-corrected chi connectivity index (χ0v) is 10.8. The summed E-state index contributed by atoms with van der Waals surface area (Å²) in [6.45, 7) is 2.27. The number of aryl methyl sites for hydroxylation is 1. The van der Waals surface area contributed by atoms with E-state index in [9.17, 15) is 14.5 Å². The number of nitrogens with zero attached hydrogens (tertiary/aromatic N) is 1. The van der Waals surface area contributed by atoms with Crippen molar-refractivity contribution >= 4 is 5.69 Å². The third-order valence-corrected chi connectivity index (χ3v) is 2.82. The predicted octanol–water partition coefficient (Wildman–Crippen LogP) is 3.29. The molecule has 6 heteroatoms. The van der Waals surface area contributed by atoms with Crippen LogP contribution in [0.3, 0.4) is 0 Å². The van der Waals surface area contributed by atoms with Crippen LogP contribution in [0.1, 0.15) is 11.1 Å². The minimum atomic E-state index is -0.927. The van der Waals surface area contributed by atoms with Crippen molar-refractivity contribution in [3.05, 3.63) is 63.5 Å². The molecule has 0 saturated heterocycles. The molecule has 0 aliphatic heterocycles. The third kappa shape index (κ3) is 2.92. The van der Waals surface area contributed by atoms with Crippen molar-refractivity contribution in [2.45, 2.75) is 13.5 Å². The highest BCUT2D eigenvalue weighted by Gasteiger charge is 2.14. The predicted molar refractivity (Wildman–Crippen MR) is 72.2 cm³/mol. The van der Waals surface area contributed by atoms with Crippen LogP contribution in [0.5, 0.6) is 11.5 Å². The van der Waals surface area contributed by atoms with Gasteiger partial charge in [-0.15, -0.1) is 0 Å². The maximum absolute atomic E-state index is 13.5. The van der Waals surface area contributed by atoms with Crippen LogP contribution < -0.4 is 10.5 Å². The maximum Gasteiger partial charge on any atom is 0.305 e. The third-order valence-electron chi connectivity index (χ3n) is 2.82. The molecule has 0 spiro atoms. The lowest BCUT2D eigenvalue weighted by Crippen LogP contribution is -1.97. The Balaban J connectivity index is 2.26. The number of benzene rings is 2. The summed E-state index contributed by atoms with van der Waals surface area (Å²) >= 11 is 0. The van der Waals surface area contributed by atoms with E-state index < -0.39 is 16.4 Å². The molecule has 2 aromatic rings. The average Bonchev–Trinajstić information content (AvgIpc) is 2.40. The highest BCUT2D eigenvalue weighted by Crippen LogP contribution is 2.28. The van der Waals surface area contributed by atoms with E-state index in [0.717, 1.165) is 23.3 Å². The number of ether oxygens (including phenoxy) is 1. The Kier molecular flexibility index (Phi) is 3.95. The Labute approximate surface area is 114 Å². The van der Waals surface area contributed by atoms with Crippen LogP contribution in [-0.2, 0) is 6.54 Å². The largest absolute Gasteiger partial charge is 0.457 e. The molecule has 0 bridgehead atoms. The molecule has 0 aromatic heterocycles. The van der Waals surface area contributed by atoms with Gasteiger partial charge in [0.1, 0.15) is 11.5 Å². The lowest BCUT2D eigenvalue weighted by molar-refractivity contribution is -0.387. The average molecular weight is 276 g/mol. The molecular weight excluding hydrogens is 263 g/mol. The Morgan fingerprint density at radius 3 is 2.60 bits per heavy atom. The zero-order chi connectivity index (χ0) is 14.7. The lowest BCUT2D eigenvalue weighted by Gasteiger charge is -2.10. The SMILES string of the molecule is Cc1cc(CN)ccc1Oc1ccc([N+](=O)[O-])c(F)c1. The topological polar surface area (TPSA) is 78.4 Å². The van der Waals surface area contributed by atoms with Gasteiger partial charge in [0.15, 0.2) is 0 Å². The first-order valence-corrected chi connectivity index (χ1v) is 5.92. The van der Waals surface area contributed by atoms with Gasteiger partial charge in [-0.25, -0.2) is 0 Å². The molecule has 0 aliphatic carbocycles. The lowest BCUT2D eigenvalue weighted by atomic mass is 10.1. The summed E-state index contributed by atoms with van der Waals surface area (Å²) in [6.07, 6.45) is 0. The molecule has 0 heterocycles. The Morgan fingerprint density at radius 2 is 2.05 bits per heavy atom. The molecule has 2 N–H and O–H groups in total. The van der Waals surface area contributed by atoms with Crippen molar-refractivity contribution in [1.82, 2.24) is 0 Å². The standard InChI is InChI=1S/C14H13FN2O3/c1-9-6-10(8-16)2-5-14(9)20-11-3-4-13(17(18)19)12(15)7-11/h2-7H,8,16H2,1H3. The van der Waals surface area contributed by atoms with E-state index in [1.54, 1.807) is 6.07 Å². The second-order valence-electron chi connectivity index (χ2n) is 4.28. The molecule has 104 valence electrons. The van der Waals surface area contributed by atoms with E-state index in [1.807, 2.05) is 19.1 Å². The highest BCUT2D eigenvalue weighted by atomic mass is 19.1. The smallest absolute Gasteiger partial charge is 0.305 e. The molecule has 0 fully saturated rings. The Hall–Kier alpha value is -2.47. The van der Waals surface area contributed by atoms with E-state index in [-0.39, 0.29) is 5.75 Å². The van der Waals surface area contributed by atoms with Gasteiger partial charge in [0.2, 0.25) is 5.82 Å². The molecule has 0 saturated carbocycles. The van der Waals surface area contributed by atoms with Gasteiger partial charge in [-0.1, -0.05) is 12.1 Å². The van der Waals surface area contributed by atoms with Crippen LogP contribution in [-0.4, -0.2) is 4.92 Å². The first-order valence-electron chi connectivity index (χ1n) is 5.92. The number of rotatable bonds is 4. The van der Waals surface area contributed by atoms with Crippen molar-refractivity contribution in [3.63, 3.8) is 0 Å². The van der Waals surface area contributed by atoms with Crippen LogP contribution >= 0.6 is 0 Å². The van der Waals surface area contributed by atoms with Crippen molar-refractivity contribution in [2.24, 2.45) is 5.73 Å². The fourth-order valence-electron chi connectivity index (χ4n) is 1.78. The minimum Gasteiger partial charge on any atom is -0.457 e. The molecule has 20 heavy (non-hydrogen) atoms. The van der Waals surface area contributed by atoms with Gasteiger partial charge < -0.3 is 10.5 Å². The fourth-order valence-corrected chi connectivity index (χ4v) is 1.78. The first kappa shape index (κ1) is 14.0. The first-order chi connectivity index (χ1) is 9.51. The fraction of sp³-hybridized carbons (Fsp3) is 0.143. The molecule has 0 amide bonds. The number of nitrogens with two attached hydrogens (primary N) is 1. The summed E-state index contributed by atoms with van der Waals surface area (Å²) in [5.74, 6) is -0.170. The van der Waals surface area contributed by atoms with E-state index in [4.69, 9.17) is 10.5 Å². The summed E-state index contributed by atoms with van der Waals surface area (Å²) in [5, 5.41) is 10.5. The molecule has 2 aromatic carbocycles. The highest BCUT2D eigenvalue weighted by molar-refractivity contribution is 5.43. The van der Waals surface area contributed by atoms with Gasteiger partial charge in [-0.2, -0.15) is 4.39 Å². The summed E-state index contributed by atoms with van der Waals surface area (Å²) in [4.78, 5) is 9.75. The second kappa shape index (κ2) is 5.66. The molecule has 5 nitrogen and oxygen atoms in total. The second-order valence-corrected chi connectivity index (χ2v) is 4.28. The molecular formula is C14H13FN2O3.